The Balaban J connectivity index is 2.07. The first-order chi connectivity index (χ1) is 12.5. The minimum absolute atomic E-state index is 0.108. The normalized spacial score (nSPS) is 30.0. The van der Waals surface area contributed by atoms with Crippen molar-refractivity contribution in [3.05, 3.63) is 0 Å². The van der Waals surface area contributed by atoms with Gasteiger partial charge in [-0.1, -0.05) is 13.3 Å². The fraction of sp³-hybridized carbons (Fsp3) is 0.889. The summed E-state index contributed by atoms with van der Waals surface area (Å²) in [5.41, 5.74) is 0. The summed E-state index contributed by atoms with van der Waals surface area (Å²) in [5.74, 6) is -1.08. The van der Waals surface area contributed by atoms with Crippen LogP contribution in [0.2, 0.25) is 0 Å². The predicted octanol–water partition coefficient (Wildman–Crippen LogP) is -0.193. The van der Waals surface area contributed by atoms with Gasteiger partial charge in [-0.25, -0.2) is 0 Å². The molecule has 8 nitrogen and oxygen atoms in total. The lowest BCUT2D eigenvalue weighted by Gasteiger charge is -2.37. The number of rotatable bonds is 5. The van der Waals surface area contributed by atoms with Crippen molar-refractivity contribution in [3.63, 3.8) is 0 Å². The van der Waals surface area contributed by atoms with Crippen LogP contribution >= 0.6 is 0 Å². The van der Waals surface area contributed by atoms with E-state index in [1.54, 1.807) is 0 Å². The average molecular weight is 370 g/mol. The van der Waals surface area contributed by atoms with Crippen LogP contribution in [-0.2, 0) is 9.59 Å². The smallest absolute Gasteiger partial charge is 0.317 e. The molecule has 0 amide bonds. The van der Waals surface area contributed by atoms with Gasteiger partial charge in [-0.15, -0.1) is 0 Å². The van der Waals surface area contributed by atoms with Crippen molar-refractivity contribution in [2.75, 3.05) is 78.5 Å². The highest BCUT2D eigenvalue weighted by Crippen LogP contribution is 2.12. The minimum Gasteiger partial charge on any atom is -0.480 e. The highest BCUT2D eigenvalue weighted by atomic mass is 16.4. The third-order valence-electron chi connectivity index (χ3n) is 5.47. The summed E-state index contributed by atoms with van der Waals surface area (Å²) in [7, 11) is 0. The van der Waals surface area contributed by atoms with E-state index in [1.807, 2.05) is 4.90 Å². The van der Waals surface area contributed by atoms with Crippen molar-refractivity contribution in [2.45, 2.75) is 19.8 Å². The van der Waals surface area contributed by atoms with Crippen LogP contribution < -0.4 is 0 Å². The fourth-order valence-corrected chi connectivity index (χ4v) is 3.93. The van der Waals surface area contributed by atoms with Gasteiger partial charge in [0.25, 0.3) is 0 Å². The standard InChI is InChI=1S/C18H34N4O4/c1-2-16-12-21-8-6-19(7-11-22(13-16)15-18(25)26)4-3-5-20(9-10-21)14-17(23)24/h16H,2-15H2,1H3,(H,23,24)(H,25,26). The Hall–Kier alpha value is -1.22. The molecule has 8 heteroatoms. The summed E-state index contributed by atoms with van der Waals surface area (Å²) >= 11 is 0. The topological polar surface area (TPSA) is 87.6 Å². The molecule has 0 radical (unpaired) electrons. The molecule has 2 fully saturated rings. The lowest BCUT2D eigenvalue weighted by atomic mass is 10.0. The zero-order valence-corrected chi connectivity index (χ0v) is 16.0. The zero-order chi connectivity index (χ0) is 18.9. The monoisotopic (exact) mass is 370 g/mol. The summed E-state index contributed by atoms with van der Waals surface area (Å²) in [5, 5.41) is 18.3. The Morgan fingerprint density at radius 3 is 2.04 bits per heavy atom. The second-order valence-electron chi connectivity index (χ2n) is 7.57. The van der Waals surface area contributed by atoms with E-state index in [0.29, 0.717) is 5.92 Å². The summed E-state index contributed by atoms with van der Waals surface area (Å²) in [6.45, 7) is 11.2. The molecule has 0 aliphatic carbocycles. The van der Waals surface area contributed by atoms with Crippen LogP contribution in [0.3, 0.4) is 0 Å². The lowest BCUT2D eigenvalue weighted by molar-refractivity contribution is -0.139. The first-order valence-corrected chi connectivity index (χ1v) is 9.79. The Labute approximate surface area is 156 Å². The number of nitrogens with zero attached hydrogens (tertiary/aromatic N) is 4. The molecule has 0 saturated carbocycles. The Kier molecular flexibility index (Phi) is 8.77. The molecular weight excluding hydrogens is 336 g/mol. The van der Waals surface area contributed by atoms with Crippen LogP contribution in [0, 0.1) is 5.92 Å². The summed E-state index contributed by atoms with van der Waals surface area (Å²) < 4.78 is 0. The van der Waals surface area contributed by atoms with Gasteiger partial charge in [-0.2, -0.15) is 0 Å². The molecule has 0 aromatic heterocycles. The predicted molar refractivity (Wildman–Crippen MR) is 99.4 cm³/mol. The maximum atomic E-state index is 11.2. The highest BCUT2D eigenvalue weighted by Gasteiger charge is 2.23. The van der Waals surface area contributed by atoms with Crippen LogP contribution in [-0.4, -0.2) is 120 Å². The van der Waals surface area contributed by atoms with E-state index in [4.69, 9.17) is 5.11 Å². The largest absolute Gasteiger partial charge is 0.480 e. The molecule has 2 aliphatic rings. The van der Waals surface area contributed by atoms with Gasteiger partial charge in [-0.05, 0) is 18.9 Å². The van der Waals surface area contributed by atoms with Gasteiger partial charge in [0.2, 0.25) is 0 Å². The van der Waals surface area contributed by atoms with E-state index in [1.165, 1.54) is 0 Å². The quantitative estimate of drug-likeness (QED) is 0.688. The maximum Gasteiger partial charge on any atom is 0.317 e. The van der Waals surface area contributed by atoms with E-state index in [2.05, 4.69) is 21.6 Å². The highest BCUT2D eigenvalue weighted by molar-refractivity contribution is 5.69. The van der Waals surface area contributed by atoms with E-state index < -0.39 is 11.9 Å². The number of hydrogen-bond acceptors (Lipinski definition) is 6. The molecule has 2 bridgehead atoms. The first-order valence-electron chi connectivity index (χ1n) is 9.79. The minimum atomic E-state index is -0.762. The molecule has 2 aliphatic heterocycles. The molecule has 150 valence electrons. The van der Waals surface area contributed by atoms with Crippen LogP contribution in [0.25, 0.3) is 0 Å². The van der Waals surface area contributed by atoms with Crippen LogP contribution in [0.1, 0.15) is 19.8 Å². The van der Waals surface area contributed by atoms with Crippen molar-refractivity contribution in [1.29, 1.82) is 0 Å². The molecule has 2 rings (SSSR count). The van der Waals surface area contributed by atoms with Gasteiger partial charge in [0.1, 0.15) is 0 Å². The molecule has 0 spiro atoms. The number of hydrogen-bond donors (Lipinski definition) is 2. The summed E-state index contributed by atoms with van der Waals surface area (Å²) in [6.07, 6.45) is 1.97. The van der Waals surface area contributed by atoms with Crippen molar-refractivity contribution in [2.24, 2.45) is 5.92 Å². The van der Waals surface area contributed by atoms with Gasteiger partial charge in [0, 0.05) is 58.9 Å². The molecule has 0 aromatic carbocycles. The average Bonchev–Trinajstić information content (AvgIpc) is 2.58. The van der Waals surface area contributed by atoms with Crippen LogP contribution in [0.5, 0.6) is 0 Å². The molecule has 3 atom stereocenters. The second-order valence-corrected chi connectivity index (χ2v) is 7.57. The third-order valence-corrected chi connectivity index (χ3v) is 5.47. The maximum absolute atomic E-state index is 11.2. The summed E-state index contributed by atoms with van der Waals surface area (Å²) in [4.78, 5) is 31.3. The number of aliphatic carboxylic acids is 2. The second kappa shape index (κ2) is 10.8. The van der Waals surface area contributed by atoms with E-state index in [0.717, 1.165) is 78.3 Å². The van der Waals surface area contributed by atoms with Gasteiger partial charge in [-0.3, -0.25) is 19.4 Å². The molecule has 2 N–H and O–H groups in total. The molecule has 2 heterocycles. The van der Waals surface area contributed by atoms with Crippen molar-refractivity contribution in [1.82, 2.24) is 19.6 Å². The van der Waals surface area contributed by atoms with Crippen molar-refractivity contribution < 1.29 is 19.8 Å². The van der Waals surface area contributed by atoms with Crippen molar-refractivity contribution in [3.8, 4) is 0 Å². The molecule has 0 aromatic rings. The zero-order valence-electron chi connectivity index (χ0n) is 16.0. The first kappa shape index (κ1) is 21.1. The molecule has 2 saturated heterocycles. The third kappa shape index (κ3) is 7.57. The van der Waals surface area contributed by atoms with Crippen LogP contribution in [0.4, 0.5) is 0 Å². The van der Waals surface area contributed by atoms with Gasteiger partial charge in [0.05, 0.1) is 13.1 Å². The van der Waals surface area contributed by atoms with Gasteiger partial charge >= 0.3 is 11.9 Å². The number of fused-ring (bicyclic) bond motifs is 3. The van der Waals surface area contributed by atoms with Crippen molar-refractivity contribution >= 4 is 11.9 Å². The number of carboxylic acid groups (broad SMARTS) is 2. The Bertz CT molecular complexity index is 462. The lowest BCUT2D eigenvalue weighted by Crippen LogP contribution is -2.50. The number of carboxylic acids is 2. The fourth-order valence-electron chi connectivity index (χ4n) is 3.93. The molecule has 26 heavy (non-hydrogen) atoms. The van der Waals surface area contributed by atoms with Gasteiger partial charge < -0.3 is 20.0 Å². The molecule has 3 unspecified atom stereocenters. The van der Waals surface area contributed by atoms with Crippen LogP contribution in [0.15, 0.2) is 0 Å². The van der Waals surface area contributed by atoms with E-state index in [9.17, 15) is 14.7 Å². The van der Waals surface area contributed by atoms with E-state index in [-0.39, 0.29) is 13.1 Å². The SMILES string of the molecule is CCC1CN2CCN(CCCN(CC(=O)O)CC2)CCN(CC(=O)O)C1. The number of carbonyl (C=O) groups is 2. The summed E-state index contributed by atoms with van der Waals surface area (Å²) in [6, 6.07) is 0. The van der Waals surface area contributed by atoms with Gasteiger partial charge in [0.15, 0.2) is 0 Å². The Morgan fingerprint density at radius 2 is 1.35 bits per heavy atom. The van der Waals surface area contributed by atoms with E-state index >= 15 is 0 Å². The Morgan fingerprint density at radius 1 is 0.769 bits per heavy atom. The molecular formula is C18H34N4O4.